The van der Waals surface area contributed by atoms with E-state index < -0.39 is 0 Å². The lowest BCUT2D eigenvalue weighted by Crippen LogP contribution is -2.29. The summed E-state index contributed by atoms with van der Waals surface area (Å²) in [7, 11) is 2.22. The van der Waals surface area contributed by atoms with Crippen LogP contribution in [-0.4, -0.2) is 28.7 Å². The van der Waals surface area contributed by atoms with E-state index in [2.05, 4.69) is 73.5 Å². The molecule has 0 spiro atoms. The zero-order valence-corrected chi connectivity index (χ0v) is 18.0. The first kappa shape index (κ1) is 20.7. The normalized spacial score (nSPS) is 24.1. The van der Waals surface area contributed by atoms with Gasteiger partial charge >= 0.3 is 0 Å². The Hall–Kier alpha value is -1.02. The molecule has 1 saturated carbocycles. The third kappa shape index (κ3) is 5.98. The highest BCUT2D eigenvalue weighted by atomic mass is 35.5. The largest absolute Gasteiger partial charge is 0.299 e. The van der Waals surface area contributed by atoms with E-state index >= 15 is 0 Å². The third-order valence-electron chi connectivity index (χ3n) is 6.02. The van der Waals surface area contributed by atoms with Crippen LogP contribution >= 0.6 is 23.2 Å². The predicted octanol–water partition coefficient (Wildman–Crippen LogP) is 6.62. The molecule has 1 aliphatic carbocycles. The van der Waals surface area contributed by atoms with Crippen LogP contribution < -0.4 is 0 Å². The number of halogens is 2. The van der Waals surface area contributed by atoms with E-state index in [1.54, 1.807) is 0 Å². The van der Waals surface area contributed by atoms with Crippen molar-refractivity contribution in [2.24, 2.45) is 0 Å². The monoisotopic (exact) mass is 403 g/mol. The molecule has 0 saturated heterocycles. The minimum absolute atomic E-state index is 0.103. The molecule has 0 amide bonds. The van der Waals surface area contributed by atoms with Crippen molar-refractivity contribution in [1.29, 1.82) is 0 Å². The van der Waals surface area contributed by atoms with Gasteiger partial charge < -0.3 is 0 Å². The summed E-state index contributed by atoms with van der Waals surface area (Å²) in [4.78, 5) is 2.44. The number of nitrogens with zero attached hydrogens (tertiary/aromatic N) is 1. The van der Waals surface area contributed by atoms with Crippen LogP contribution in [0.2, 0.25) is 0 Å². The number of hydrogen-bond acceptors (Lipinski definition) is 1. The fourth-order valence-electron chi connectivity index (χ4n) is 3.96. The lowest BCUT2D eigenvalue weighted by atomic mass is 9.83. The highest BCUT2D eigenvalue weighted by molar-refractivity contribution is 6.30. The van der Waals surface area contributed by atoms with E-state index in [0.717, 1.165) is 32.2 Å². The van der Waals surface area contributed by atoms with Crippen molar-refractivity contribution in [2.45, 2.75) is 68.3 Å². The zero-order chi connectivity index (χ0) is 19.2. The molecule has 4 atom stereocenters. The van der Waals surface area contributed by atoms with Gasteiger partial charge in [0.05, 0.1) is 5.38 Å². The topological polar surface area (TPSA) is 3.24 Å². The Morgan fingerprint density at radius 2 is 1.63 bits per heavy atom. The quantitative estimate of drug-likeness (QED) is 0.469. The number of alkyl halides is 2. The molecule has 0 aliphatic heterocycles. The van der Waals surface area contributed by atoms with Gasteiger partial charge in [0.15, 0.2) is 0 Å². The molecule has 3 heteroatoms. The minimum Gasteiger partial charge on any atom is -0.299 e. The van der Waals surface area contributed by atoms with Gasteiger partial charge in [0.1, 0.15) is 0 Å². The molecule has 27 heavy (non-hydrogen) atoms. The summed E-state index contributed by atoms with van der Waals surface area (Å²) in [6.45, 7) is 3.33. The smallest absolute Gasteiger partial charge is 0.0505 e. The second kappa shape index (κ2) is 9.96. The standard InChI is InChI=1S/C24H31Cl2N/c1-18(27(2)17-20-6-4-3-5-7-20)8-9-19-10-12-21(13-11-19)22-14-15-23(25)24(26)16-22/h3-7,10-13,18,22-24H,8-9,14-17H2,1-2H3. The zero-order valence-electron chi connectivity index (χ0n) is 16.5. The van der Waals surface area contributed by atoms with E-state index in [0.29, 0.717) is 12.0 Å². The van der Waals surface area contributed by atoms with Crippen LogP contribution in [0.25, 0.3) is 0 Å². The summed E-state index contributed by atoms with van der Waals surface area (Å²) in [6, 6.07) is 20.5. The molecule has 0 radical (unpaired) electrons. The highest BCUT2D eigenvalue weighted by Crippen LogP contribution is 2.37. The summed E-state index contributed by atoms with van der Waals surface area (Å²) in [5.74, 6) is 0.562. The molecular formula is C24H31Cl2N. The summed E-state index contributed by atoms with van der Waals surface area (Å²) in [5, 5.41) is 0.239. The van der Waals surface area contributed by atoms with Crippen LogP contribution in [0.3, 0.4) is 0 Å². The van der Waals surface area contributed by atoms with Crippen molar-refractivity contribution in [3.8, 4) is 0 Å². The van der Waals surface area contributed by atoms with Gasteiger partial charge in [0.2, 0.25) is 0 Å². The molecule has 2 aromatic carbocycles. The molecule has 0 bridgehead atoms. The van der Waals surface area contributed by atoms with Gasteiger partial charge in [-0.25, -0.2) is 0 Å². The number of aryl methyl sites for hydroxylation is 1. The Labute approximate surface area is 174 Å². The molecule has 4 unspecified atom stereocenters. The van der Waals surface area contributed by atoms with Crippen molar-refractivity contribution in [1.82, 2.24) is 4.90 Å². The first-order chi connectivity index (χ1) is 13.0. The molecule has 2 aromatic rings. The molecule has 0 aromatic heterocycles. The lowest BCUT2D eigenvalue weighted by Gasteiger charge is -2.29. The van der Waals surface area contributed by atoms with E-state index in [4.69, 9.17) is 23.2 Å². The Kier molecular flexibility index (Phi) is 7.64. The number of rotatable bonds is 7. The van der Waals surface area contributed by atoms with Gasteiger partial charge in [-0.3, -0.25) is 4.90 Å². The van der Waals surface area contributed by atoms with E-state index in [1.807, 2.05) is 0 Å². The van der Waals surface area contributed by atoms with Crippen LogP contribution in [0.1, 0.15) is 55.2 Å². The van der Waals surface area contributed by atoms with Gasteiger partial charge in [-0.15, -0.1) is 23.2 Å². The summed E-state index contributed by atoms with van der Waals surface area (Å²) in [5.41, 5.74) is 4.22. The summed E-state index contributed by atoms with van der Waals surface area (Å²) >= 11 is 12.6. The number of benzene rings is 2. The van der Waals surface area contributed by atoms with Gasteiger partial charge in [0, 0.05) is 18.0 Å². The fraction of sp³-hybridized carbons (Fsp3) is 0.500. The molecule has 0 N–H and O–H groups in total. The molecule has 146 valence electrons. The summed E-state index contributed by atoms with van der Waals surface area (Å²) in [6.07, 6.45) is 5.46. The van der Waals surface area contributed by atoms with Crippen LogP contribution in [-0.2, 0) is 13.0 Å². The highest BCUT2D eigenvalue weighted by Gasteiger charge is 2.28. The van der Waals surface area contributed by atoms with Crippen molar-refractivity contribution < 1.29 is 0 Å². The third-order valence-corrected chi connectivity index (χ3v) is 7.16. The van der Waals surface area contributed by atoms with Crippen LogP contribution in [0, 0.1) is 0 Å². The summed E-state index contributed by atoms with van der Waals surface area (Å²) < 4.78 is 0. The molecule has 1 fully saturated rings. The van der Waals surface area contributed by atoms with Gasteiger partial charge in [-0.1, -0.05) is 54.6 Å². The van der Waals surface area contributed by atoms with Crippen molar-refractivity contribution in [3.05, 3.63) is 71.3 Å². The van der Waals surface area contributed by atoms with Crippen molar-refractivity contribution >= 4 is 23.2 Å². The second-order valence-electron chi connectivity index (χ2n) is 8.07. The van der Waals surface area contributed by atoms with Crippen LogP contribution in [0.15, 0.2) is 54.6 Å². The molecular weight excluding hydrogens is 373 g/mol. The van der Waals surface area contributed by atoms with Crippen LogP contribution in [0.4, 0.5) is 0 Å². The fourth-order valence-corrected chi connectivity index (χ4v) is 4.53. The minimum atomic E-state index is 0.103. The SMILES string of the molecule is CC(CCc1ccc(C2CCC(Cl)C(Cl)C2)cc1)N(C)Cc1ccccc1. The van der Waals surface area contributed by atoms with Gasteiger partial charge in [-0.05, 0) is 68.7 Å². The molecule has 0 heterocycles. The molecule has 1 nitrogen and oxygen atoms in total. The first-order valence-corrected chi connectivity index (χ1v) is 11.0. The Morgan fingerprint density at radius 1 is 0.926 bits per heavy atom. The maximum absolute atomic E-state index is 6.38. The first-order valence-electron chi connectivity index (χ1n) is 10.1. The van der Waals surface area contributed by atoms with Crippen molar-refractivity contribution in [3.63, 3.8) is 0 Å². The average molecular weight is 404 g/mol. The maximum Gasteiger partial charge on any atom is 0.0505 e. The van der Waals surface area contributed by atoms with E-state index in [1.165, 1.54) is 23.1 Å². The Bertz CT molecular complexity index is 685. The number of hydrogen-bond donors (Lipinski definition) is 0. The average Bonchev–Trinajstić information content (AvgIpc) is 2.69. The lowest BCUT2D eigenvalue weighted by molar-refractivity contribution is 0.238. The van der Waals surface area contributed by atoms with Gasteiger partial charge in [0.25, 0.3) is 0 Å². The van der Waals surface area contributed by atoms with E-state index in [-0.39, 0.29) is 10.8 Å². The van der Waals surface area contributed by atoms with Crippen molar-refractivity contribution in [2.75, 3.05) is 7.05 Å². The predicted molar refractivity (Wildman–Crippen MR) is 118 cm³/mol. The van der Waals surface area contributed by atoms with E-state index in [9.17, 15) is 0 Å². The second-order valence-corrected chi connectivity index (χ2v) is 9.19. The van der Waals surface area contributed by atoms with Gasteiger partial charge in [-0.2, -0.15) is 0 Å². The molecule has 1 aliphatic rings. The maximum atomic E-state index is 6.38. The Morgan fingerprint density at radius 3 is 2.30 bits per heavy atom. The Balaban J connectivity index is 1.48. The van der Waals surface area contributed by atoms with Crippen LogP contribution in [0.5, 0.6) is 0 Å². The molecule has 3 rings (SSSR count).